The lowest BCUT2D eigenvalue weighted by Gasteiger charge is -2.15. The van der Waals surface area contributed by atoms with Crippen LogP contribution in [0.1, 0.15) is 17.0 Å². The minimum Gasteiger partial charge on any atom is -0.383 e. The van der Waals surface area contributed by atoms with E-state index in [0.29, 0.717) is 40.9 Å². The molecule has 3 N–H and O–H groups in total. The molecule has 0 fully saturated rings. The van der Waals surface area contributed by atoms with Crippen LogP contribution in [0.25, 0.3) is 0 Å². The number of thiocarbonyl (C=S) groups is 1. The molecule has 2 rings (SSSR count). The normalized spacial score (nSPS) is 11.2. The van der Waals surface area contributed by atoms with Crippen LogP contribution in [-0.2, 0) is 4.74 Å². The van der Waals surface area contributed by atoms with E-state index in [1.807, 2.05) is 45.0 Å². The van der Waals surface area contributed by atoms with Gasteiger partial charge in [0.1, 0.15) is 0 Å². The molecular weight excluding hydrogens is 384 g/mol. The number of guanidine groups is 1. The smallest absolute Gasteiger partial charge is 0.229 e. The summed E-state index contributed by atoms with van der Waals surface area (Å²) in [6.45, 7) is 6.66. The Morgan fingerprint density at radius 3 is 2.56 bits per heavy atom. The van der Waals surface area contributed by atoms with Crippen molar-refractivity contribution < 1.29 is 4.74 Å². The predicted octanol–water partition coefficient (Wildman–Crippen LogP) is 3.46. The molecule has 1 aromatic carbocycles. The summed E-state index contributed by atoms with van der Waals surface area (Å²) < 4.78 is 5.05. The van der Waals surface area contributed by atoms with Gasteiger partial charge in [-0.2, -0.15) is 0 Å². The molecular formula is C18H23ClN6OS. The first kappa shape index (κ1) is 21.0. The van der Waals surface area contributed by atoms with Crippen molar-refractivity contribution in [2.75, 3.05) is 30.9 Å². The fourth-order valence-electron chi connectivity index (χ4n) is 2.25. The number of nitrogens with zero attached hydrogens (tertiary/aromatic N) is 3. The summed E-state index contributed by atoms with van der Waals surface area (Å²) in [6, 6.07) is 7.58. The lowest BCUT2D eigenvalue weighted by atomic mass is 10.2. The van der Waals surface area contributed by atoms with Crippen LogP contribution in [0.15, 0.2) is 29.3 Å². The molecule has 0 unspecified atom stereocenters. The Morgan fingerprint density at radius 1 is 1.19 bits per heavy atom. The van der Waals surface area contributed by atoms with Gasteiger partial charge in [0.15, 0.2) is 5.11 Å². The second-order valence-electron chi connectivity index (χ2n) is 5.84. The quantitative estimate of drug-likeness (QED) is 0.303. The number of methoxy groups -OCH3 is 1. The minimum atomic E-state index is 0.343. The zero-order valence-corrected chi connectivity index (χ0v) is 17.3. The molecule has 0 saturated carbocycles. The van der Waals surface area contributed by atoms with E-state index in [1.54, 1.807) is 7.11 Å². The van der Waals surface area contributed by atoms with Crippen molar-refractivity contribution in [3.05, 3.63) is 46.2 Å². The third-order valence-electron chi connectivity index (χ3n) is 3.45. The second kappa shape index (κ2) is 10.1. The lowest BCUT2D eigenvalue weighted by Crippen LogP contribution is -2.39. The Hall–Kier alpha value is -2.29. The Labute approximate surface area is 169 Å². The molecule has 144 valence electrons. The van der Waals surface area contributed by atoms with Gasteiger partial charge in [0.25, 0.3) is 0 Å². The summed E-state index contributed by atoms with van der Waals surface area (Å²) in [5.74, 6) is 0.853. The van der Waals surface area contributed by atoms with Crippen molar-refractivity contribution in [2.24, 2.45) is 4.99 Å². The first-order chi connectivity index (χ1) is 12.9. The molecule has 1 aromatic heterocycles. The number of nitrogens with one attached hydrogen (secondary N) is 3. The zero-order valence-electron chi connectivity index (χ0n) is 15.8. The average molecular weight is 407 g/mol. The van der Waals surface area contributed by atoms with Crippen molar-refractivity contribution in [1.82, 2.24) is 15.3 Å². The number of hydrogen-bond acceptors (Lipinski definition) is 5. The predicted molar refractivity (Wildman–Crippen MR) is 115 cm³/mol. The van der Waals surface area contributed by atoms with Gasteiger partial charge in [-0.15, -0.1) is 0 Å². The number of aryl methyl sites for hydroxylation is 3. The third kappa shape index (κ3) is 6.74. The zero-order chi connectivity index (χ0) is 19.8. The van der Waals surface area contributed by atoms with E-state index in [2.05, 4.69) is 30.9 Å². The van der Waals surface area contributed by atoms with E-state index in [1.165, 1.54) is 0 Å². The molecule has 0 radical (unpaired) electrons. The molecule has 9 heteroatoms. The van der Waals surface area contributed by atoms with Gasteiger partial charge in [-0.25, -0.2) is 9.97 Å². The molecule has 0 aliphatic heterocycles. The van der Waals surface area contributed by atoms with Crippen LogP contribution in [-0.4, -0.2) is 41.3 Å². The maximum Gasteiger partial charge on any atom is 0.229 e. The van der Waals surface area contributed by atoms with E-state index in [0.717, 1.165) is 17.0 Å². The van der Waals surface area contributed by atoms with Gasteiger partial charge in [0, 0.05) is 18.5 Å². The van der Waals surface area contributed by atoms with E-state index in [9.17, 15) is 0 Å². The Balaban J connectivity index is 2.12. The molecule has 0 spiro atoms. The van der Waals surface area contributed by atoms with Gasteiger partial charge in [-0.1, -0.05) is 23.7 Å². The standard InChI is InChI=1S/C18H23ClN6OS/c1-11-6-5-7-14(15(11)19)23-18(27)25-16(20-8-9-26-4)24-17-21-12(2)10-13(3)22-17/h5-7,10H,8-9H2,1-4H3,(H3,20,21,22,23,24,25,27). The number of ether oxygens (including phenoxy) is 1. The van der Waals surface area contributed by atoms with E-state index < -0.39 is 0 Å². The number of aliphatic imine (C=N–C) groups is 1. The van der Waals surface area contributed by atoms with Crippen LogP contribution in [0, 0.1) is 20.8 Å². The molecule has 0 atom stereocenters. The second-order valence-corrected chi connectivity index (χ2v) is 6.62. The number of halogens is 1. The van der Waals surface area contributed by atoms with Crippen LogP contribution in [0.3, 0.4) is 0 Å². The van der Waals surface area contributed by atoms with Crippen LogP contribution >= 0.6 is 23.8 Å². The van der Waals surface area contributed by atoms with Gasteiger partial charge in [0.05, 0.1) is 23.9 Å². The van der Waals surface area contributed by atoms with Crippen molar-refractivity contribution in [2.45, 2.75) is 20.8 Å². The monoisotopic (exact) mass is 406 g/mol. The van der Waals surface area contributed by atoms with E-state index >= 15 is 0 Å². The highest BCUT2D eigenvalue weighted by atomic mass is 35.5. The van der Waals surface area contributed by atoms with E-state index in [4.69, 9.17) is 28.6 Å². The fourth-order valence-corrected chi connectivity index (χ4v) is 2.63. The molecule has 7 nitrogen and oxygen atoms in total. The number of aromatic nitrogens is 2. The fraction of sp³-hybridized carbons (Fsp3) is 0.333. The van der Waals surface area contributed by atoms with Crippen molar-refractivity contribution in [3.63, 3.8) is 0 Å². The van der Waals surface area contributed by atoms with Crippen molar-refractivity contribution >= 4 is 46.5 Å². The Bertz CT molecular complexity index is 822. The summed E-state index contributed by atoms with van der Waals surface area (Å²) in [6.07, 6.45) is 0. The molecule has 0 bridgehead atoms. The van der Waals surface area contributed by atoms with Gasteiger partial charge in [-0.3, -0.25) is 10.3 Å². The van der Waals surface area contributed by atoms with Crippen LogP contribution in [0.4, 0.5) is 11.6 Å². The summed E-state index contributed by atoms with van der Waals surface area (Å²) in [4.78, 5) is 13.1. The van der Waals surface area contributed by atoms with Gasteiger partial charge in [0.2, 0.25) is 11.9 Å². The SMILES string of the molecule is COCCN=C(NC(=S)Nc1cccc(C)c1Cl)Nc1nc(C)cc(C)n1. The lowest BCUT2D eigenvalue weighted by molar-refractivity contribution is 0.208. The summed E-state index contributed by atoms with van der Waals surface area (Å²) in [5, 5.41) is 10.1. The largest absolute Gasteiger partial charge is 0.383 e. The number of anilines is 2. The van der Waals surface area contributed by atoms with Gasteiger partial charge in [-0.05, 0) is 50.7 Å². The van der Waals surface area contributed by atoms with Crippen molar-refractivity contribution in [1.29, 1.82) is 0 Å². The molecule has 27 heavy (non-hydrogen) atoms. The van der Waals surface area contributed by atoms with Crippen LogP contribution in [0.5, 0.6) is 0 Å². The number of rotatable bonds is 5. The number of hydrogen-bond donors (Lipinski definition) is 3. The van der Waals surface area contributed by atoms with Gasteiger partial charge >= 0.3 is 0 Å². The Kier molecular flexibility index (Phi) is 7.90. The Morgan fingerprint density at radius 2 is 1.89 bits per heavy atom. The average Bonchev–Trinajstić information content (AvgIpc) is 2.58. The summed E-state index contributed by atoms with van der Waals surface area (Å²) in [5.41, 5.74) is 3.38. The molecule has 2 aromatic rings. The van der Waals surface area contributed by atoms with Crippen LogP contribution in [0.2, 0.25) is 5.02 Å². The van der Waals surface area contributed by atoms with Gasteiger partial charge < -0.3 is 15.4 Å². The summed E-state index contributed by atoms with van der Waals surface area (Å²) >= 11 is 11.7. The highest BCUT2D eigenvalue weighted by Crippen LogP contribution is 2.24. The highest BCUT2D eigenvalue weighted by Gasteiger charge is 2.09. The number of benzene rings is 1. The first-order valence-corrected chi connectivity index (χ1v) is 9.13. The topological polar surface area (TPSA) is 83.5 Å². The molecule has 0 amide bonds. The minimum absolute atomic E-state index is 0.343. The maximum absolute atomic E-state index is 6.31. The maximum atomic E-state index is 6.31. The third-order valence-corrected chi connectivity index (χ3v) is 4.16. The highest BCUT2D eigenvalue weighted by molar-refractivity contribution is 7.80. The van der Waals surface area contributed by atoms with Crippen molar-refractivity contribution in [3.8, 4) is 0 Å². The van der Waals surface area contributed by atoms with Crippen LogP contribution < -0.4 is 16.0 Å². The summed E-state index contributed by atoms with van der Waals surface area (Å²) in [7, 11) is 1.62. The molecule has 0 aliphatic rings. The van der Waals surface area contributed by atoms with E-state index in [-0.39, 0.29) is 0 Å². The molecule has 0 aliphatic carbocycles. The molecule has 0 saturated heterocycles. The molecule has 1 heterocycles. The first-order valence-electron chi connectivity index (χ1n) is 8.35.